The van der Waals surface area contributed by atoms with Crippen LogP contribution in [0.15, 0.2) is 48.5 Å². The lowest BCUT2D eigenvalue weighted by atomic mass is 10.1. The van der Waals surface area contributed by atoms with Crippen LogP contribution in [0.1, 0.15) is 22.0 Å². The minimum atomic E-state index is -1.21. The Morgan fingerprint density at radius 1 is 1.19 bits per heavy atom. The van der Waals surface area contributed by atoms with Crippen molar-refractivity contribution in [1.29, 1.82) is 0 Å². The number of nitrogens with one attached hydrogen (secondary N) is 1. The molecule has 0 aromatic heterocycles. The summed E-state index contributed by atoms with van der Waals surface area (Å²) in [6, 6.07) is 12.3. The number of nitrogens with zero attached hydrogens (tertiary/aromatic N) is 2. The van der Waals surface area contributed by atoms with Crippen molar-refractivity contribution in [2.24, 2.45) is 0 Å². The highest BCUT2D eigenvalue weighted by Crippen LogP contribution is 2.27. The largest absolute Gasteiger partial charge is 0.444 e. The molecule has 1 fully saturated rings. The fraction of sp³-hybridized carbons (Fsp3) is 0.333. The fourth-order valence-electron chi connectivity index (χ4n) is 3.17. The van der Waals surface area contributed by atoms with E-state index >= 15 is 0 Å². The molecule has 1 heterocycles. The smallest absolute Gasteiger partial charge is 0.341 e. The molecule has 1 amide bonds. The minimum Gasteiger partial charge on any atom is -0.444 e. The number of carbonyl (C=O) groups excluding carboxylic acids is 2. The van der Waals surface area contributed by atoms with Crippen LogP contribution in [0.25, 0.3) is 0 Å². The first-order chi connectivity index (χ1) is 15.0. The van der Waals surface area contributed by atoms with Gasteiger partial charge in [-0.05, 0) is 6.07 Å². The van der Waals surface area contributed by atoms with E-state index in [1.165, 1.54) is 12.1 Å². The van der Waals surface area contributed by atoms with Crippen molar-refractivity contribution in [3.63, 3.8) is 0 Å². The maximum atomic E-state index is 13.1. The molecule has 0 radical (unpaired) electrons. The van der Waals surface area contributed by atoms with Crippen LogP contribution in [-0.4, -0.2) is 66.3 Å². The van der Waals surface area contributed by atoms with Crippen LogP contribution >= 0.6 is 0 Å². The number of amides is 1. The summed E-state index contributed by atoms with van der Waals surface area (Å²) in [6.45, 7) is 1.46. The number of aliphatic hydroxyl groups excluding tert-OH is 1. The first kappa shape index (κ1) is 22.2. The summed E-state index contributed by atoms with van der Waals surface area (Å²) in [4.78, 5) is 38.3. The monoisotopic (exact) mass is 429 g/mol. The molecule has 1 aliphatic heterocycles. The first-order valence-electron chi connectivity index (χ1n) is 9.77. The van der Waals surface area contributed by atoms with Crippen molar-refractivity contribution in [3.05, 3.63) is 69.8 Å². The molecule has 2 aromatic carbocycles. The molecule has 0 spiro atoms. The average Bonchev–Trinajstić information content (AvgIpc) is 2.81. The number of nitro groups is 1. The molecule has 1 aliphatic rings. The second-order valence-corrected chi connectivity index (χ2v) is 6.77. The van der Waals surface area contributed by atoms with Gasteiger partial charge in [-0.1, -0.05) is 30.3 Å². The number of rotatable bonds is 8. The predicted molar refractivity (Wildman–Crippen MR) is 111 cm³/mol. The maximum absolute atomic E-state index is 13.1. The second kappa shape index (κ2) is 10.5. The molecular formula is C21H23N3O7. The van der Waals surface area contributed by atoms with Crippen LogP contribution in [0.5, 0.6) is 0 Å². The molecule has 3 rings (SSSR count). The summed E-state index contributed by atoms with van der Waals surface area (Å²) < 4.78 is 10.9. The van der Waals surface area contributed by atoms with Gasteiger partial charge in [-0.15, -0.1) is 0 Å². The van der Waals surface area contributed by atoms with E-state index in [-0.39, 0.29) is 30.1 Å². The Labute approximate surface area is 178 Å². The molecule has 164 valence electrons. The Hall–Kier alpha value is -3.50. The molecule has 0 aliphatic carbocycles. The van der Waals surface area contributed by atoms with Crippen LogP contribution in [0, 0.1) is 10.1 Å². The van der Waals surface area contributed by atoms with E-state index in [4.69, 9.17) is 14.6 Å². The molecule has 1 atom stereocenters. The number of esters is 1. The van der Waals surface area contributed by atoms with Gasteiger partial charge in [-0.3, -0.25) is 14.9 Å². The summed E-state index contributed by atoms with van der Waals surface area (Å²) in [6.07, 6.45) is -1.21. The number of ether oxygens (including phenoxy) is 2. The number of morpholine rings is 1. The molecule has 0 unspecified atom stereocenters. The molecule has 0 bridgehead atoms. The topological polar surface area (TPSA) is 131 Å². The van der Waals surface area contributed by atoms with Gasteiger partial charge in [0.25, 0.3) is 11.6 Å². The standard InChI is InChI=1S/C21H23N3O7/c25-11-8-22-18-7-6-16(24(28)29)14-17(18)21(27)31-19(15-4-2-1-3-5-15)20(26)23-9-12-30-13-10-23/h1-7,14,19,22,25H,8-13H2/t19-/m0/s1. The van der Waals surface area contributed by atoms with E-state index in [9.17, 15) is 19.7 Å². The lowest BCUT2D eigenvalue weighted by Gasteiger charge is -2.30. The van der Waals surface area contributed by atoms with Gasteiger partial charge in [0.2, 0.25) is 6.10 Å². The zero-order chi connectivity index (χ0) is 22.2. The van der Waals surface area contributed by atoms with Gasteiger partial charge < -0.3 is 24.8 Å². The third-order valence-electron chi connectivity index (χ3n) is 4.74. The van der Waals surface area contributed by atoms with Gasteiger partial charge >= 0.3 is 5.97 Å². The van der Waals surface area contributed by atoms with E-state index in [1.54, 1.807) is 35.2 Å². The zero-order valence-electron chi connectivity index (χ0n) is 16.7. The van der Waals surface area contributed by atoms with Crippen molar-refractivity contribution in [3.8, 4) is 0 Å². The molecule has 31 heavy (non-hydrogen) atoms. The normalized spacial score (nSPS) is 14.5. The van der Waals surface area contributed by atoms with E-state index < -0.39 is 22.9 Å². The Morgan fingerprint density at radius 3 is 2.55 bits per heavy atom. The summed E-state index contributed by atoms with van der Waals surface area (Å²) in [5.41, 5.74) is 0.355. The highest BCUT2D eigenvalue weighted by Gasteiger charge is 2.32. The van der Waals surface area contributed by atoms with Crippen molar-refractivity contribution < 1.29 is 29.1 Å². The first-order valence-corrected chi connectivity index (χ1v) is 9.77. The number of hydrogen-bond acceptors (Lipinski definition) is 8. The molecule has 10 heteroatoms. The Balaban J connectivity index is 1.91. The lowest BCUT2D eigenvalue weighted by molar-refractivity contribution is -0.384. The van der Waals surface area contributed by atoms with E-state index in [0.717, 1.165) is 6.07 Å². The van der Waals surface area contributed by atoms with Gasteiger partial charge in [0, 0.05) is 43.0 Å². The Bertz CT molecular complexity index is 930. The molecule has 0 saturated carbocycles. The van der Waals surface area contributed by atoms with Gasteiger partial charge in [-0.2, -0.15) is 0 Å². The van der Waals surface area contributed by atoms with Crippen molar-refractivity contribution >= 4 is 23.3 Å². The maximum Gasteiger partial charge on any atom is 0.341 e. The predicted octanol–water partition coefficient (Wildman–Crippen LogP) is 1.76. The number of nitro benzene ring substituents is 1. The third-order valence-corrected chi connectivity index (χ3v) is 4.74. The second-order valence-electron chi connectivity index (χ2n) is 6.77. The number of anilines is 1. The molecular weight excluding hydrogens is 406 g/mol. The lowest BCUT2D eigenvalue weighted by Crippen LogP contribution is -2.44. The van der Waals surface area contributed by atoms with Gasteiger partial charge in [0.05, 0.1) is 30.3 Å². The number of non-ortho nitro benzene ring substituents is 1. The van der Waals surface area contributed by atoms with Gasteiger partial charge in [0.1, 0.15) is 0 Å². The minimum absolute atomic E-state index is 0.0987. The third kappa shape index (κ3) is 5.56. The number of benzene rings is 2. The summed E-state index contributed by atoms with van der Waals surface area (Å²) in [5, 5.41) is 23.1. The quantitative estimate of drug-likeness (QED) is 0.369. The molecule has 2 aromatic rings. The summed E-state index contributed by atoms with van der Waals surface area (Å²) >= 11 is 0. The van der Waals surface area contributed by atoms with Crippen LogP contribution in [-0.2, 0) is 14.3 Å². The molecule has 10 nitrogen and oxygen atoms in total. The van der Waals surface area contributed by atoms with Crippen molar-refractivity contribution in [1.82, 2.24) is 4.90 Å². The zero-order valence-corrected chi connectivity index (χ0v) is 16.7. The molecule has 2 N–H and O–H groups in total. The van der Waals surface area contributed by atoms with Crippen LogP contribution < -0.4 is 5.32 Å². The van der Waals surface area contributed by atoms with Gasteiger partial charge in [0.15, 0.2) is 0 Å². The van der Waals surface area contributed by atoms with Gasteiger partial charge in [-0.25, -0.2) is 4.79 Å². The number of hydrogen-bond donors (Lipinski definition) is 2. The Morgan fingerprint density at radius 2 is 1.90 bits per heavy atom. The average molecular weight is 429 g/mol. The number of aliphatic hydroxyl groups is 1. The fourth-order valence-corrected chi connectivity index (χ4v) is 3.17. The van der Waals surface area contributed by atoms with Crippen LogP contribution in [0.4, 0.5) is 11.4 Å². The highest BCUT2D eigenvalue weighted by molar-refractivity contribution is 5.98. The summed E-state index contributed by atoms with van der Waals surface area (Å²) in [5.74, 6) is -1.28. The molecule has 1 saturated heterocycles. The highest BCUT2D eigenvalue weighted by atomic mass is 16.6. The SMILES string of the molecule is O=C(O[C@H](C(=O)N1CCOCC1)c1ccccc1)c1cc([N+](=O)[O-])ccc1NCCO. The Kier molecular flexibility index (Phi) is 7.52. The van der Waals surface area contributed by atoms with Crippen molar-refractivity contribution in [2.45, 2.75) is 6.10 Å². The van der Waals surface area contributed by atoms with Crippen LogP contribution in [0.2, 0.25) is 0 Å². The van der Waals surface area contributed by atoms with E-state index in [0.29, 0.717) is 31.9 Å². The van der Waals surface area contributed by atoms with E-state index in [2.05, 4.69) is 5.32 Å². The number of carbonyl (C=O) groups is 2. The van der Waals surface area contributed by atoms with E-state index in [1.807, 2.05) is 0 Å². The summed E-state index contributed by atoms with van der Waals surface area (Å²) in [7, 11) is 0. The van der Waals surface area contributed by atoms with Crippen molar-refractivity contribution in [2.75, 3.05) is 44.8 Å². The van der Waals surface area contributed by atoms with Crippen LogP contribution in [0.3, 0.4) is 0 Å².